The van der Waals surface area contributed by atoms with Crippen LogP contribution in [0.15, 0.2) is 42.5 Å². The second-order valence-electron chi connectivity index (χ2n) is 7.57. The van der Waals surface area contributed by atoms with Crippen molar-refractivity contribution in [3.8, 4) is 11.4 Å². The molecule has 1 aromatic heterocycles. The Kier molecular flexibility index (Phi) is 6.58. The first-order chi connectivity index (χ1) is 15.1. The largest absolute Gasteiger partial charge is 0.497 e. The topological polar surface area (TPSA) is 72.3 Å². The first kappa shape index (κ1) is 21.4. The van der Waals surface area contributed by atoms with Crippen LogP contribution in [0.3, 0.4) is 0 Å². The highest BCUT2D eigenvalue weighted by Gasteiger charge is 2.19. The standard InChI is InChI=1S/C23H27N5O2S/c1-16-18(15-27-10-12-31-13-11-27)6-4-9-21(16)24-23(29)22-17(2)28(26-25-22)19-7-5-8-20(14-19)30-3/h4-9,14H,10-13,15H2,1-3H3,(H,24,29). The summed E-state index contributed by atoms with van der Waals surface area (Å²) in [6.07, 6.45) is 0. The van der Waals surface area contributed by atoms with Crippen molar-refractivity contribution in [3.05, 3.63) is 65.0 Å². The van der Waals surface area contributed by atoms with Crippen molar-refractivity contribution >= 4 is 23.4 Å². The Morgan fingerprint density at radius 3 is 2.71 bits per heavy atom. The lowest BCUT2D eigenvalue weighted by atomic mass is 10.1. The lowest BCUT2D eigenvalue weighted by molar-refractivity contribution is 0.102. The number of nitrogens with zero attached hydrogens (tertiary/aromatic N) is 4. The monoisotopic (exact) mass is 437 g/mol. The molecule has 0 bridgehead atoms. The number of benzene rings is 2. The molecule has 0 aliphatic carbocycles. The minimum atomic E-state index is -0.263. The number of amides is 1. The van der Waals surface area contributed by atoms with Gasteiger partial charge in [-0.3, -0.25) is 9.69 Å². The maximum Gasteiger partial charge on any atom is 0.278 e. The fourth-order valence-corrected chi connectivity index (χ4v) is 4.68. The highest BCUT2D eigenvalue weighted by molar-refractivity contribution is 7.99. The molecule has 3 aromatic rings. The third kappa shape index (κ3) is 4.75. The van der Waals surface area contributed by atoms with Gasteiger partial charge in [0.1, 0.15) is 5.75 Å². The van der Waals surface area contributed by atoms with Crippen molar-refractivity contribution in [2.75, 3.05) is 37.0 Å². The predicted molar refractivity (Wildman–Crippen MR) is 124 cm³/mol. The van der Waals surface area contributed by atoms with Crippen molar-refractivity contribution < 1.29 is 9.53 Å². The summed E-state index contributed by atoms with van der Waals surface area (Å²) in [6, 6.07) is 13.6. The van der Waals surface area contributed by atoms with Crippen molar-refractivity contribution in [1.82, 2.24) is 19.9 Å². The first-order valence-electron chi connectivity index (χ1n) is 10.3. The number of hydrogen-bond acceptors (Lipinski definition) is 6. The molecule has 8 heteroatoms. The number of thioether (sulfide) groups is 1. The van der Waals surface area contributed by atoms with E-state index in [4.69, 9.17) is 4.74 Å². The summed E-state index contributed by atoms with van der Waals surface area (Å²) in [7, 11) is 1.62. The van der Waals surface area contributed by atoms with E-state index in [1.54, 1.807) is 11.8 Å². The van der Waals surface area contributed by atoms with Gasteiger partial charge in [-0.15, -0.1) is 5.10 Å². The Morgan fingerprint density at radius 1 is 1.16 bits per heavy atom. The van der Waals surface area contributed by atoms with Crippen LogP contribution in [0, 0.1) is 13.8 Å². The number of nitrogens with one attached hydrogen (secondary N) is 1. The molecule has 1 fully saturated rings. The number of aromatic nitrogens is 3. The number of anilines is 1. The van der Waals surface area contributed by atoms with Gasteiger partial charge in [0.2, 0.25) is 0 Å². The molecule has 7 nitrogen and oxygen atoms in total. The summed E-state index contributed by atoms with van der Waals surface area (Å²) in [5.41, 5.74) is 4.91. The molecule has 2 aromatic carbocycles. The molecule has 1 aliphatic rings. The number of methoxy groups -OCH3 is 1. The van der Waals surface area contributed by atoms with E-state index in [-0.39, 0.29) is 5.91 Å². The Balaban J connectivity index is 1.52. The average Bonchev–Trinajstić information content (AvgIpc) is 3.18. The minimum absolute atomic E-state index is 0.263. The van der Waals surface area contributed by atoms with Gasteiger partial charge in [0.05, 0.1) is 18.5 Å². The summed E-state index contributed by atoms with van der Waals surface area (Å²) in [6.45, 7) is 7.01. The van der Waals surface area contributed by atoms with E-state index < -0.39 is 0 Å². The van der Waals surface area contributed by atoms with Crippen molar-refractivity contribution in [3.63, 3.8) is 0 Å². The predicted octanol–water partition coefficient (Wildman–Crippen LogP) is 3.69. The van der Waals surface area contributed by atoms with E-state index >= 15 is 0 Å². The second kappa shape index (κ2) is 9.53. The molecule has 4 rings (SSSR count). The summed E-state index contributed by atoms with van der Waals surface area (Å²) in [5, 5.41) is 11.4. The van der Waals surface area contributed by atoms with Crippen LogP contribution in [-0.4, -0.2) is 57.5 Å². The number of ether oxygens (including phenoxy) is 1. The van der Waals surface area contributed by atoms with E-state index in [0.29, 0.717) is 11.4 Å². The van der Waals surface area contributed by atoms with Gasteiger partial charge in [0.25, 0.3) is 5.91 Å². The Labute approximate surface area is 186 Å². The molecular formula is C23H27N5O2S. The molecule has 1 amide bonds. The fraction of sp³-hybridized carbons (Fsp3) is 0.348. The molecule has 0 saturated carbocycles. The van der Waals surface area contributed by atoms with Gasteiger partial charge in [-0.25, -0.2) is 4.68 Å². The van der Waals surface area contributed by atoms with Gasteiger partial charge in [0, 0.05) is 42.9 Å². The molecule has 31 heavy (non-hydrogen) atoms. The first-order valence-corrected chi connectivity index (χ1v) is 11.5. The van der Waals surface area contributed by atoms with Crippen LogP contribution in [0.5, 0.6) is 5.75 Å². The van der Waals surface area contributed by atoms with Crippen LogP contribution in [-0.2, 0) is 6.54 Å². The normalized spacial score (nSPS) is 14.4. The molecule has 0 spiro atoms. The van der Waals surface area contributed by atoms with Crippen molar-refractivity contribution in [1.29, 1.82) is 0 Å². The minimum Gasteiger partial charge on any atom is -0.497 e. The third-order valence-electron chi connectivity index (χ3n) is 5.60. The van der Waals surface area contributed by atoms with E-state index in [2.05, 4.69) is 33.5 Å². The third-order valence-corrected chi connectivity index (χ3v) is 6.54. The fourth-order valence-electron chi connectivity index (χ4n) is 3.70. The molecular weight excluding hydrogens is 410 g/mol. The van der Waals surface area contributed by atoms with Crippen molar-refractivity contribution in [2.24, 2.45) is 0 Å². The zero-order valence-corrected chi connectivity index (χ0v) is 18.9. The lowest BCUT2D eigenvalue weighted by Crippen LogP contribution is -2.32. The molecule has 2 heterocycles. The van der Waals surface area contributed by atoms with Gasteiger partial charge < -0.3 is 10.1 Å². The summed E-state index contributed by atoms with van der Waals surface area (Å²) in [5.74, 6) is 2.81. The molecule has 0 unspecified atom stereocenters. The highest BCUT2D eigenvalue weighted by Crippen LogP contribution is 2.23. The van der Waals surface area contributed by atoms with Gasteiger partial charge >= 0.3 is 0 Å². The smallest absolute Gasteiger partial charge is 0.278 e. The lowest BCUT2D eigenvalue weighted by Gasteiger charge is -2.27. The molecule has 1 saturated heterocycles. The zero-order valence-electron chi connectivity index (χ0n) is 18.1. The number of hydrogen-bond donors (Lipinski definition) is 1. The van der Waals surface area contributed by atoms with Crippen LogP contribution < -0.4 is 10.1 Å². The summed E-state index contributed by atoms with van der Waals surface area (Å²) >= 11 is 2.01. The Morgan fingerprint density at radius 2 is 1.94 bits per heavy atom. The van der Waals surface area contributed by atoms with Gasteiger partial charge in [-0.2, -0.15) is 11.8 Å². The van der Waals surface area contributed by atoms with Gasteiger partial charge in [-0.05, 0) is 43.2 Å². The van der Waals surface area contributed by atoms with E-state index in [0.717, 1.165) is 42.3 Å². The maximum absolute atomic E-state index is 13.0. The van der Waals surface area contributed by atoms with Gasteiger partial charge in [0.15, 0.2) is 5.69 Å². The number of rotatable bonds is 6. The zero-order chi connectivity index (χ0) is 21.8. The van der Waals surface area contributed by atoms with E-state index in [9.17, 15) is 4.79 Å². The van der Waals surface area contributed by atoms with Crippen LogP contribution in [0.4, 0.5) is 5.69 Å². The summed E-state index contributed by atoms with van der Waals surface area (Å²) < 4.78 is 6.93. The van der Waals surface area contributed by atoms with E-state index in [1.165, 1.54) is 17.1 Å². The SMILES string of the molecule is COc1cccc(-n2nnc(C(=O)Nc3cccc(CN4CCSCC4)c3C)c2C)c1. The van der Waals surface area contributed by atoms with E-state index in [1.807, 2.05) is 55.1 Å². The number of carbonyl (C=O) groups is 1. The van der Waals surface area contributed by atoms with Crippen LogP contribution in [0.1, 0.15) is 27.3 Å². The number of carbonyl (C=O) groups excluding carboxylic acids is 1. The quantitative estimate of drug-likeness (QED) is 0.634. The van der Waals surface area contributed by atoms with Crippen LogP contribution in [0.25, 0.3) is 5.69 Å². The molecule has 1 aliphatic heterocycles. The summed E-state index contributed by atoms with van der Waals surface area (Å²) in [4.78, 5) is 15.5. The van der Waals surface area contributed by atoms with Crippen LogP contribution in [0.2, 0.25) is 0 Å². The second-order valence-corrected chi connectivity index (χ2v) is 8.79. The highest BCUT2D eigenvalue weighted by atomic mass is 32.2. The molecule has 0 atom stereocenters. The Bertz CT molecular complexity index is 1080. The average molecular weight is 438 g/mol. The van der Waals surface area contributed by atoms with Gasteiger partial charge in [-0.1, -0.05) is 23.4 Å². The van der Waals surface area contributed by atoms with Crippen LogP contribution >= 0.6 is 11.8 Å². The molecule has 1 N–H and O–H groups in total. The maximum atomic E-state index is 13.0. The van der Waals surface area contributed by atoms with Crippen molar-refractivity contribution in [2.45, 2.75) is 20.4 Å². The molecule has 162 valence electrons. The Hall–Kier alpha value is -2.84. The molecule has 0 radical (unpaired) electrons.